The molecule has 1 N–H and O–H groups in total. The summed E-state index contributed by atoms with van der Waals surface area (Å²) in [6, 6.07) is 18.6. The Morgan fingerprint density at radius 1 is 1.16 bits per heavy atom. The maximum Gasteiger partial charge on any atom is 0.289 e. The molecule has 1 amide bonds. The van der Waals surface area contributed by atoms with Crippen molar-refractivity contribution in [2.24, 2.45) is 0 Å². The molecule has 1 aromatic heterocycles. The molecule has 0 fully saturated rings. The SMILES string of the molecule is Cc1nc(Cc2cccc3ccccc23)sc1CC(=O)Nc1ccc(Cl)c([N+](=O)[O-])c1. The van der Waals surface area contributed by atoms with E-state index in [1.807, 2.05) is 25.1 Å². The monoisotopic (exact) mass is 451 g/mol. The number of halogens is 1. The lowest BCUT2D eigenvalue weighted by molar-refractivity contribution is -0.384. The second-order valence-electron chi connectivity index (χ2n) is 7.08. The van der Waals surface area contributed by atoms with Gasteiger partial charge in [0.25, 0.3) is 5.69 Å². The molecule has 8 heteroatoms. The number of anilines is 1. The number of carbonyl (C=O) groups excluding carboxylic acids is 1. The third-order valence-electron chi connectivity index (χ3n) is 4.91. The quantitative estimate of drug-likeness (QED) is 0.290. The van der Waals surface area contributed by atoms with Gasteiger partial charge in [-0.3, -0.25) is 14.9 Å². The molecule has 4 aromatic rings. The molecule has 0 aliphatic rings. The number of hydrogen-bond donors (Lipinski definition) is 1. The van der Waals surface area contributed by atoms with E-state index in [1.165, 1.54) is 39.8 Å². The molecular formula is C23H18ClN3O3S. The zero-order chi connectivity index (χ0) is 22.0. The van der Waals surface area contributed by atoms with Crippen molar-refractivity contribution in [1.82, 2.24) is 4.98 Å². The second kappa shape index (κ2) is 8.83. The summed E-state index contributed by atoms with van der Waals surface area (Å²) >= 11 is 7.33. The number of aryl methyl sites for hydroxylation is 1. The first-order valence-electron chi connectivity index (χ1n) is 9.56. The molecule has 4 rings (SSSR count). The molecule has 6 nitrogen and oxygen atoms in total. The molecule has 156 valence electrons. The van der Waals surface area contributed by atoms with E-state index in [0.29, 0.717) is 12.1 Å². The minimum absolute atomic E-state index is 0.0272. The summed E-state index contributed by atoms with van der Waals surface area (Å²) in [5.74, 6) is -0.264. The van der Waals surface area contributed by atoms with Crippen molar-refractivity contribution in [3.63, 3.8) is 0 Å². The summed E-state index contributed by atoms with van der Waals surface area (Å²) in [6.07, 6.45) is 0.841. The van der Waals surface area contributed by atoms with Gasteiger partial charge in [0, 0.05) is 23.1 Å². The summed E-state index contributed by atoms with van der Waals surface area (Å²) in [5, 5.41) is 17.1. The number of carbonyl (C=O) groups is 1. The van der Waals surface area contributed by atoms with Gasteiger partial charge in [-0.1, -0.05) is 54.1 Å². The van der Waals surface area contributed by atoms with Crippen LogP contribution in [0.2, 0.25) is 5.02 Å². The number of rotatable bonds is 6. The van der Waals surface area contributed by atoms with Gasteiger partial charge in [0.15, 0.2) is 0 Å². The molecule has 0 saturated carbocycles. The van der Waals surface area contributed by atoms with Crippen molar-refractivity contribution in [2.45, 2.75) is 19.8 Å². The van der Waals surface area contributed by atoms with Crippen LogP contribution in [0.25, 0.3) is 10.8 Å². The van der Waals surface area contributed by atoms with Gasteiger partial charge in [0.2, 0.25) is 5.91 Å². The zero-order valence-corrected chi connectivity index (χ0v) is 18.2. The molecule has 31 heavy (non-hydrogen) atoms. The number of nitro benzene ring substituents is 1. The first-order valence-corrected chi connectivity index (χ1v) is 10.8. The van der Waals surface area contributed by atoms with Gasteiger partial charge < -0.3 is 5.32 Å². The maximum absolute atomic E-state index is 12.5. The molecule has 0 bridgehead atoms. The molecule has 0 unspecified atom stereocenters. The van der Waals surface area contributed by atoms with E-state index >= 15 is 0 Å². The molecule has 0 aliphatic carbocycles. The van der Waals surface area contributed by atoms with Gasteiger partial charge in [-0.05, 0) is 35.4 Å². The van der Waals surface area contributed by atoms with Crippen molar-refractivity contribution in [3.05, 3.63) is 96.9 Å². The highest BCUT2D eigenvalue weighted by atomic mass is 35.5. The number of amides is 1. The standard InChI is InChI=1S/C23H18ClN3O3S/c1-14-21(13-22(28)26-17-9-10-19(24)20(12-17)27(29)30)31-23(25-14)11-16-7-4-6-15-5-2-3-8-18(15)16/h2-10,12H,11,13H2,1H3,(H,26,28). The Balaban J connectivity index is 1.48. The van der Waals surface area contributed by atoms with E-state index < -0.39 is 4.92 Å². The zero-order valence-electron chi connectivity index (χ0n) is 16.6. The van der Waals surface area contributed by atoms with Crippen LogP contribution < -0.4 is 5.32 Å². The third-order valence-corrected chi connectivity index (χ3v) is 6.38. The van der Waals surface area contributed by atoms with E-state index in [1.54, 1.807) is 6.07 Å². The average molecular weight is 452 g/mol. The second-order valence-corrected chi connectivity index (χ2v) is 8.65. The minimum Gasteiger partial charge on any atom is -0.326 e. The maximum atomic E-state index is 12.5. The first kappa shape index (κ1) is 21.0. The van der Waals surface area contributed by atoms with Crippen LogP contribution in [0.1, 0.15) is 21.1 Å². The van der Waals surface area contributed by atoms with Crippen LogP contribution in [-0.4, -0.2) is 15.8 Å². The van der Waals surface area contributed by atoms with Crippen LogP contribution in [0.5, 0.6) is 0 Å². The van der Waals surface area contributed by atoms with Crippen LogP contribution in [0.3, 0.4) is 0 Å². The van der Waals surface area contributed by atoms with Gasteiger partial charge >= 0.3 is 0 Å². The smallest absolute Gasteiger partial charge is 0.289 e. The summed E-state index contributed by atoms with van der Waals surface area (Å²) in [7, 11) is 0. The summed E-state index contributed by atoms with van der Waals surface area (Å²) in [5.41, 5.74) is 2.10. The van der Waals surface area contributed by atoms with Gasteiger partial charge in [0.05, 0.1) is 22.0 Å². The summed E-state index contributed by atoms with van der Waals surface area (Å²) < 4.78 is 0. The summed E-state index contributed by atoms with van der Waals surface area (Å²) in [6.45, 7) is 1.89. The average Bonchev–Trinajstić information content (AvgIpc) is 3.08. The number of hydrogen-bond acceptors (Lipinski definition) is 5. The van der Waals surface area contributed by atoms with Crippen LogP contribution in [0.15, 0.2) is 60.7 Å². The molecule has 0 aliphatic heterocycles. The number of aromatic nitrogens is 1. The Kier molecular flexibility index (Phi) is 5.97. The highest BCUT2D eigenvalue weighted by molar-refractivity contribution is 7.11. The van der Waals surface area contributed by atoms with E-state index in [9.17, 15) is 14.9 Å². The summed E-state index contributed by atoms with van der Waals surface area (Å²) in [4.78, 5) is 28.5. The normalized spacial score (nSPS) is 10.9. The fraction of sp³-hybridized carbons (Fsp3) is 0.130. The highest BCUT2D eigenvalue weighted by Gasteiger charge is 2.16. The van der Waals surface area contributed by atoms with Gasteiger partial charge in [0.1, 0.15) is 5.02 Å². The van der Waals surface area contributed by atoms with Crippen LogP contribution in [-0.2, 0) is 17.6 Å². The number of nitrogens with zero attached hydrogens (tertiary/aromatic N) is 2. The van der Waals surface area contributed by atoms with Crippen molar-refractivity contribution in [1.29, 1.82) is 0 Å². The predicted octanol–water partition coefficient (Wildman–Crippen LogP) is 5.94. The Labute approximate surface area is 187 Å². The molecule has 1 heterocycles. The lowest BCUT2D eigenvalue weighted by Crippen LogP contribution is -2.14. The van der Waals surface area contributed by atoms with Crippen molar-refractivity contribution < 1.29 is 9.72 Å². The fourth-order valence-electron chi connectivity index (χ4n) is 3.42. The molecule has 0 spiro atoms. The van der Waals surface area contributed by atoms with Crippen molar-refractivity contribution in [3.8, 4) is 0 Å². The molecule has 3 aromatic carbocycles. The number of benzene rings is 3. The lowest BCUT2D eigenvalue weighted by Gasteiger charge is -2.05. The molecular weight excluding hydrogens is 434 g/mol. The van der Waals surface area contributed by atoms with Crippen LogP contribution in [0, 0.1) is 17.0 Å². The molecule has 0 radical (unpaired) electrons. The minimum atomic E-state index is -0.578. The van der Waals surface area contributed by atoms with Gasteiger partial charge in [-0.15, -0.1) is 11.3 Å². The van der Waals surface area contributed by atoms with E-state index in [4.69, 9.17) is 11.6 Å². The van der Waals surface area contributed by atoms with Crippen molar-refractivity contribution in [2.75, 3.05) is 5.32 Å². The number of nitro groups is 1. The highest BCUT2D eigenvalue weighted by Crippen LogP contribution is 2.28. The first-order chi connectivity index (χ1) is 14.9. The molecule has 0 saturated heterocycles. The molecule has 0 atom stereocenters. The topological polar surface area (TPSA) is 85.1 Å². The largest absolute Gasteiger partial charge is 0.326 e. The fourth-order valence-corrected chi connectivity index (χ4v) is 4.70. The Morgan fingerprint density at radius 2 is 1.94 bits per heavy atom. The third kappa shape index (κ3) is 4.73. The lowest BCUT2D eigenvalue weighted by atomic mass is 10.0. The number of fused-ring (bicyclic) bond motifs is 1. The van der Waals surface area contributed by atoms with E-state index in [0.717, 1.165) is 15.6 Å². The Morgan fingerprint density at radius 3 is 2.74 bits per heavy atom. The van der Waals surface area contributed by atoms with Gasteiger partial charge in [-0.2, -0.15) is 0 Å². The predicted molar refractivity (Wildman–Crippen MR) is 124 cm³/mol. The van der Waals surface area contributed by atoms with Crippen molar-refractivity contribution >= 4 is 51.0 Å². The van der Waals surface area contributed by atoms with E-state index in [2.05, 4.69) is 34.6 Å². The number of nitrogens with one attached hydrogen (secondary N) is 1. The van der Waals surface area contributed by atoms with Crippen LogP contribution in [0.4, 0.5) is 11.4 Å². The Hall–Kier alpha value is -3.29. The van der Waals surface area contributed by atoms with E-state index in [-0.39, 0.29) is 23.0 Å². The van der Waals surface area contributed by atoms with Gasteiger partial charge in [-0.25, -0.2) is 4.98 Å². The van der Waals surface area contributed by atoms with Crippen LogP contribution >= 0.6 is 22.9 Å². The number of thiazole rings is 1. The Bertz CT molecular complexity index is 1300.